The molecule has 1 aromatic carbocycles. The van der Waals surface area contributed by atoms with Gasteiger partial charge in [-0.3, -0.25) is 0 Å². The van der Waals surface area contributed by atoms with Gasteiger partial charge in [-0.05, 0) is 18.2 Å². The van der Waals surface area contributed by atoms with Crippen LogP contribution in [0.2, 0.25) is 0 Å². The molecule has 1 aromatic heterocycles. The molecule has 5 heteroatoms. The highest BCUT2D eigenvalue weighted by atomic mass is 19.1. The van der Waals surface area contributed by atoms with Gasteiger partial charge in [0.2, 0.25) is 0 Å². The van der Waals surface area contributed by atoms with Crippen LogP contribution in [0.3, 0.4) is 0 Å². The first kappa shape index (κ1) is 10.6. The first-order chi connectivity index (χ1) is 7.65. The number of esters is 1. The van der Waals surface area contributed by atoms with E-state index in [0.717, 1.165) is 7.11 Å². The number of rotatable bonds is 2. The molecular weight excluding hydrogens is 215 g/mol. The molecule has 16 heavy (non-hydrogen) atoms. The maximum absolute atomic E-state index is 13.8. The van der Waals surface area contributed by atoms with Gasteiger partial charge < -0.3 is 14.3 Å². The van der Waals surface area contributed by atoms with Crippen molar-refractivity contribution in [2.75, 3.05) is 7.11 Å². The molecule has 84 valence electrons. The topological polar surface area (TPSA) is 59.7 Å². The predicted molar refractivity (Wildman–Crippen MR) is 53.1 cm³/mol. The third kappa shape index (κ3) is 1.55. The number of fused-ring (bicyclic) bond motifs is 1. The van der Waals surface area contributed by atoms with Crippen molar-refractivity contribution >= 4 is 16.9 Å². The number of ether oxygens (including phenoxy) is 1. The lowest BCUT2D eigenvalue weighted by Gasteiger charge is -2.09. The van der Waals surface area contributed by atoms with Gasteiger partial charge in [-0.2, -0.15) is 0 Å². The van der Waals surface area contributed by atoms with Gasteiger partial charge in [0, 0.05) is 5.56 Å². The number of halogens is 1. The van der Waals surface area contributed by atoms with Gasteiger partial charge in [0.1, 0.15) is 11.4 Å². The number of carbonyl (C=O) groups is 1. The third-order valence-corrected chi connectivity index (χ3v) is 2.32. The lowest BCUT2D eigenvalue weighted by atomic mass is 10.1. The van der Waals surface area contributed by atoms with Gasteiger partial charge in [-0.1, -0.05) is 0 Å². The summed E-state index contributed by atoms with van der Waals surface area (Å²) in [6.07, 6.45) is -0.286. The fraction of sp³-hybridized carbons (Fsp3) is 0.182. The van der Waals surface area contributed by atoms with Crippen LogP contribution in [0, 0.1) is 5.82 Å². The Balaban J connectivity index is 2.52. The minimum absolute atomic E-state index is 0.124. The first-order valence-electron chi connectivity index (χ1n) is 4.56. The van der Waals surface area contributed by atoms with Crippen LogP contribution in [0.5, 0.6) is 0 Å². The zero-order chi connectivity index (χ0) is 11.7. The first-order valence-corrected chi connectivity index (χ1v) is 4.56. The summed E-state index contributed by atoms with van der Waals surface area (Å²) in [5.41, 5.74) is 0.235. The van der Waals surface area contributed by atoms with Crippen LogP contribution < -0.4 is 0 Å². The molecule has 1 atom stereocenters. The molecule has 0 radical (unpaired) electrons. The van der Waals surface area contributed by atoms with E-state index >= 15 is 0 Å². The molecule has 1 N–H and O–H groups in total. The summed E-state index contributed by atoms with van der Waals surface area (Å²) in [4.78, 5) is 11.1. The summed E-state index contributed by atoms with van der Waals surface area (Å²) >= 11 is 0. The Morgan fingerprint density at radius 2 is 2.25 bits per heavy atom. The maximum Gasteiger partial charge on any atom is 0.339 e. The smallest absolute Gasteiger partial charge is 0.339 e. The van der Waals surface area contributed by atoms with E-state index < -0.39 is 17.9 Å². The van der Waals surface area contributed by atoms with Gasteiger partial charge in [-0.15, -0.1) is 0 Å². The lowest BCUT2D eigenvalue weighted by molar-refractivity contribution is -0.150. The van der Waals surface area contributed by atoms with Crippen molar-refractivity contribution in [2.45, 2.75) is 6.10 Å². The minimum atomic E-state index is -1.62. The second kappa shape index (κ2) is 3.94. The Hall–Kier alpha value is -1.88. The van der Waals surface area contributed by atoms with Crippen molar-refractivity contribution in [1.29, 1.82) is 0 Å². The van der Waals surface area contributed by atoms with Gasteiger partial charge in [0.05, 0.1) is 18.8 Å². The van der Waals surface area contributed by atoms with Gasteiger partial charge >= 0.3 is 5.97 Å². The number of hydrogen-bond acceptors (Lipinski definition) is 4. The molecule has 2 rings (SSSR count). The van der Waals surface area contributed by atoms with Crippen molar-refractivity contribution in [3.63, 3.8) is 0 Å². The summed E-state index contributed by atoms with van der Waals surface area (Å²) in [6.45, 7) is 0. The van der Waals surface area contributed by atoms with E-state index in [1.165, 1.54) is 24.5 Å². The summed E-state index contributed by atoms with van der Waals surface area (Å²) in [6, 6.07) is 4.21. The largest absolute Gasteiger partial charge is 0.467 e. The molecule has 2 aromatic rings. The molecule has 1 heterocycles. The molecule has 0 aliphatic carbocycles. The molecule has 0 saturated heterocycles. The third-order valence-electron chi connectivity index (χ3n) is 2.32. The zero-order valence-electron chi connectivity index (χ0n) is 8.44. The van der Waals surface area contributed by atoms with E-state index in [9.17, 15) is 14.3 Å². The van der Waals surface area contributed by atoms with E-state index in [0.29, 0.717) is 5.58 Å². The highest BCUT2D eigenvalue weighted by Crippen LogP contribution is 2.26. The Morgan fingerprint density at radius 3 is 2.94 bits per heavy atom. The fourth-order valence-electron chi connectivity index (χ4n) is 1.48. The van der Waals surface area contributed by atoms with E-state index in [-0.39, 0.29) is 10.9 Å². The summed E-state index contributed by atoms with van der Waals surface area (Å²) in [5.74, 6) is -1.58. The average Bonchev–Trinajstić information content (AvgIpc) is 2.76. The predicted octanol–water partition coefficient (Wildman–Crippen LogP) is 1.78. The van der Waals surface area contributed by atoms with E-state index in [2.05, 4.69) is 4.74 Å². The fourth-order valence-corrected chi connectivity index (χ4v) is 1.48. The van der Waals surface area contributed by atoms with Crippen molar-refractivity contribution < 1.29 is 23.4 Å². The Kier molecular flexibility index (Phi) is 2.62. The second-order valence-corrected chi connectivity index (χ2v) is 3.23. The number of hydrogen-bond donors (Lipinski definition) is 1. The van der Waals surface area contributed by atoms with Crippen molar-refractivity contribution in [1.82, 2.24) is 0 Å². The summed E-state index contributed by atoms with van der Waals surface area (Å²) in [7, 11) is 1.12. The van der Waals surface area contributed by atoms with Crippen molar-refractivity contribution in [3.05, 3.63) is 35.8 Å². The summed E-state index contributed by atoms with van der Waals surface area (Å²) < 4.78 is 23.1. The van der Waals surface area contributed by atoms with Gasteiger partial charge in [-0.25, -0.2) is 9.18 Å². The average molecular weight is 224 g/mol. The maximum atomic E-state index is 13.8. The quantitative estimate of drug-likeness (QED) is 0.790. The molecule has 4 nitrogen and oxygen atoms in total. The molecule has 0 bridgehead atoms. The molecule has 0 amide bonds. The standard InChI is InChI=1S/C11H9FO4/c1-15-11(14)10(13)7-2-3-8-6(9(7)12)4-5-16-8/h2-5,10,13H,1H3. The highest BCUT2D eigenvalue weighted by molar-refractivity contribution is 5.82. The normalized spacial score (nSPS) is 12.7. The van der Waals surface area contributed by atoms with Gasteiger partial charge in [0.25, 0.3) is 0 Å². The van der Waals surface area contributed by atoms with Crippen LogP contribution in [0.1, 0.15) is 11.7 Å². The Morgan fingerprint density at radius 1 is 1.50 bits per heavy atom. The van der Waals surface area contributed by atoms with Crippen molar-refractivity contribution in [3.8, 4) is 0 Å². The number of aliphatic hydroxyl groups is 1. The molecule has 0 aliphatic heterocycles. The van der Waals surface area contributed by atoms with E-state index in [4.69, 9.17) is 4.42 Å². The second-order valence-electron chi connectivity index (χ2n) is 3.23. The van der Waals surface area contributed by atoms with Gasteiger partial charge in [0.15, 0.2) is 6.10 Å². The molecule has 1 unspecified atom stereocenters. The lowest BCUT2D eigenvalue weighted by Crippen LogP contribution is -2.14. The van der Waals surface area contributed by atoms with E-state index in [1.54, 1.807) is 0 Å². The molecule has 0 fully saturated rings. The van der Waals surface area contributed by atoms with Crippen LogP contribution >= 0.6 is 0 Å². The van der Waals surface area contributed by atoms with Crippen LogP contribution in [0.25, 0.3) is 11.0 Å². The van der Waals surface area contributed by atoms with Crippen LogP contribution in [-0.2, 0) is 9.53 Å². The van der Waals surface area contributed by atoms with Crippen molar-refractivity contribution in [2.24, 2.45) is 0 Å². The number of carbonyl (C=O) groups excluding carboxylic acids is 1. The van der Waals surface area contributed by atoms with Crippen LogP contribution in [0.15, 0.2) is 28.9 Å². The van der Waals surface area contributed by atoms with E-state index in [1.807, 2.05) is 0 Å². The Bertz CT molecular complexity index is 532. The molecule has 0 saturated carbocycles. The molecular formula is C11H9FO4. The molecule has 0 aliphatic rings. The number of aliphatic hydroxyl groups excluding tert-OH is 1. The summed E-state index contributed by atoms with van der Waals surface area (Å²) in [5, 5.41) is 9.74. The van der Waals surface area contributed by atoms with Crippen LogP contribution in [0.4, 0.5) is 4.39 Å². The zero-order valence-corrected chi connectivity index (χ0v) is 8.44. The minimum Gasteiger partial charge on any atom is -0.467 e. The van der Waals surface area contributed by atoms with Crippen LogP contribution in [-0.4, -0.2) is 18.2 Å². The highest BCUT2D eigenvalue weighted by Gasteiger charge is 2.23. The number of benzene rings is 1. The Labute approximate surface area is 90.2 Å². The number of methoxy groups -OCH3 is 1. The molecule has 0 spiro atoms. The number of furan rings is 1. The monoisotopic (exact) mass is 224 g/mol. The SMILES string of the molecule is COC(=O)C(O)c1ccc2occc2c1F.